The molecule has 1 saturated heterocycles. The number of halogens is 1. The number of hydrogen-bond acceptors (Lipinski definition) is 4. The molecule has 18 heavy (non-hydrogen) atoms. The monoisotopic (exact) mass is 264 g/mol. The number of rotatable bonds is 3. The maximum atomic E-state index is 12.1. The van der Waals surface area contributed by atoms with Gasteiger partial charge in [-0.1, -0.05) is 23.7 Å². The molecule has 0 N–H and O–H groups in total. The highest BCUT2D eigenvalue weighted by Gasteiger charge is 2.22. The summed E-state index contributed by atoms with van der Waals surface area (Å²) in [6.07, 6.45) is -0.446. The Hall–Kier alpha value is -1.41. The molecule has 0 aliphatic carbocycles. The second-order valence-corrected chi connectivity index (χ2v) is 4.53. The molecule has 4 nitrogen and oxygen atoms in total. The van der Waals surface area contributed by atoms with Gasteiger partial charge in [0.15, 0.2) is 11.9 Å². The second kappa shape index (κ2) is 5.96. The predicted octanol–water partition coefficient (Wildman–Crippen LogP) is 1.75. The number of benzene rings is 1. The molecule has 0 amide bonds. The van der Waals surface area contributed by atoms with Gasteiger partial charge in [0.2, 0.25) is 0 Å². The Labute approximate surface area is 111 Å². The van der Waals surface area contributed by atoms with Crippen LogP contribution >= 0.6 is 11.6 Å². The normalized spacial score (nSPS) is 20.3. The van der Waals surface area contributed by atoms with Gasteiger partial charge in [0.05, 0.1) is 24.2 Å². The molecule has 5 heteroatoms. The van der Waals surface area contributed by atoms with Crippen molar-refractivity contribution in [1.29, 1.82) is 5.26 Å². The van der Waals surface area contributed by atoms with Crippen LogP contribution < -0.4 is 0 Å². The minimum absolute atomic E-state index is 0.0285. The van der Waals surface area contributed by atoms with Crippen molar-refractivity contribution in [2.45, 2.75) is 6.10 Å². The third-order valence-corrected chi connectivity index (χ3v) is 3.17. The highest BCUT2D eigenvalue weighted by atomic mass is 35.5. The lowest BCUT2D eigenvalue weighted by Crippen LogP contribution is -2.44. The Bertz CT molecular complexity index is 484. The van der Waals surface area contributed by atoms with Crippen molar-refractivity contribution >= 4 is 17.4 Å². The molecule has 0 bridgehead atoms. The fourth-order valence-corrected chi connectivity index (χ4v) is 2.14. The molecule has 2 rings (SSSR count). The van der Waals surface area contributed by atoms with Gasteiger partial charge in [-0.25, -0.2) is 0 Å². The Balaban J connectivity index is 2.00. The third kappa shape index (κ3) is 3.08. The van der Waals surface area contributed by atoms with Crippen molar-refractivity contribution in [2.24, 2.45) is 0 Å². The van der Waals surface area contributed by atoms with Gasteiger partial charge in [0.25, 0.3) is 0 Å². The first-order chi connectivity index (χ1) is 8.70. The Kier molecular flexibility index (Phi) is 4.32. The summed E-state index contributed by atoms with van der Waals surface area (Å²) in [7, 11) is 0. The number of ether oxygens (including phenoxy) is 1. The van der Waals surface area contributed by atoms with Crippen LogP contribution in [0.1, 0.15) is 10.4 Å². The van der Waals surface area contributed by atoms with Crippen LogP contribution in [0.4, 0.5) is 0 Å². The Morgan fingerprint density at radius 2 is 2.33 bits per heavy atom. The molecule has 0 saturated carbocycles. The van der Waals surface area contributed by atoms with E-state index in [1.165, 1.54) is 0 Å². The standard InChI is InChI=1S/C13H13ClN2O2/c14-12-4-2-1-3-11(12)13(17)9-16-5-6-18-10(7-15)8-16/h1-4,10H,5-6,8-9H2. The summed E-state index contributed by atoms with van der Waals surface area (Å²) in [5, 5.41) is 9.26. The number of Topliss-reactive ketones (excluding diaryl/α,β-unsaturated/α-hetero) is 1. The summed E-state index contributed by atoms with van der Waals surface area (Å²) in [5.74, 6) is -0.0285. The number of ketones is 1. The number of carbonyl (C=O) groups excluding carboxylic acids is 1. The van der Waals surface area contributed by atoms with Gasteiger partial charge in [-0.15, -0.1) is 0 Å². The lowest BCUT2D eigenvalue weighted by Gasteiger charge is -2.28. The Morgan fingerprint density at radius 1 is 1.56 bits per heavy atom. The van der Waals surface area contributed by atoms with Crippen LogP contribution in [0.3, 0.4) is 0 Å². The van der Waals surface area contributed by atoms with E-state index in [0.29, 0.717) is 30.3 Å². The van der Waals surface area contributed by atoms with Gasteiger partial charge in [-0.05, 0) is 12.1 Å². The zero-order valence-corrected chi connectivity index (χ0v) is 10.6. The van der Waals surface area contributed by atoms with E-state index in [0.717, 1.165) is 0 Å². The largest absolute Gasteiger partial charge is 0.361 e. The molecular weight excluding hydrogens is 252 g/mol. The van der Waals surface area contributed by atoms with Crippen LogP contribution in [0, 0.1) is 11.3 Å². The van der Waals surface area contributed by atoms with Crippen LogP contribution in [-0.2, 0) is 4.74 Å². The average molecular weight is 265 g/mol. The quantitative estimate of drug-likeness (QED) is 0.781. The highest BCUT2D eigenvalue weighted by molar-refractivity contribution is 6.34. The van der Waals surface area contributed by atoms with Gasteiger partial charge >= 0.3 is 0 Å². The van der Waals surface area contributed by atoms with E-state index in [-0.39, 0.29) is 12.3 Å². The van der Waals surface area contributed by atoms with E-state index >= 15 is 0 Å². The number of morpholine rings is 1. The fraction of sp³-hybridized carbons (Fsp3) is 0.385. The van der Waals surface area contributed by atoms with E-state index < -0.39 is 6.10 Å². The first-order valence-corrected chi connectivity index (χ1v) is 6.10. The first kappa shape index (κ1) is 13.0. The topological polar surface area (TPSA) is 53.3 Å². The molecule has 1 aliphatic rings. The molecular formula is C13H13ClN2O2. The highest BCUT2D eigenvalue weighted by Crippen LogP contribution is 2.16. The van der Waals surface area contributed by atoms with Crippen molar-refractivity contribution in [3.05, 3.63) is 34.9 Å². The molecule has 0 radical (unpaired) electrons. The summed E-state index contributed by atoms with van der Waals surface area (Å²) in [6, 6.07) is 9.05. The molecule has 0 spiro atoms. The van der Waals surface area contributed by atoms with Crippen LogP contribution in [-0.4, -0.2) is 43.0 Å². The van der Waals surface area contributed by atoms with Gasteiger partial charge in [-0.3, -0.25) is 9.69 Å². The maximum Gasteiger partial charge on any atom is 0.178 e. The molecule has 1 aromatic carbocycles. The van der Waals surface area contributed by atoms with Crippen molar-refractivity contribution in [1.82, 2.24) is 4.90 Å². The molecule has 1 aliphatic heterocycles. The maximum absolute atomic E-state index is 12.1. The van der Waals surface area contributed by atoms with Gasteiger partial charge in [0, 0.05) is 18.7 Å². The van der Waals surface area contributed by atoms with Gasteiger partial charge in [0.1, 0.15) is 0 Å². The first-order valence-electron chi connectivity index (χ1n) is 5.72. The molecule has 1 fully saturated rings. The summed E-state index contributed by atoms with van der Waals surface area (Å²) in [5.41, 5.74) is 0.527. The van der Waals surface area contributed by atoms with E-state index in [2.05, 4.69) is 6.07 Å². The van der Waals surface area contributed by atoms with Crippen molar-refractivity contribution in [3.63, 3.8) is 0 Å². The number of hydrogen-bond donors (Lipinski definition) is 0. The lowest BCUT2D eigenvalue weighted by atomic mass is 10.1. The van der Waals surface area contributed by atoms with Crippen LogP contribution in [0.2, 0.25) is 5.02 Å². The number of carbonyl (C=O) groups is 1. The summed E-state index contributed by atoms with van der Waals surface area (Å²) < 4.78 is 5.23. The van der Waals surface area contributed by atoms with E-state index in [9.17, 15) is 4.79 Å². The van der Waals surface area contributed by atoms with Crippen LogP contribution in [0.5, 0.6) is 0 Å². The lowest BCUT2D eigenvalue weighted by molar-refractivity contribution is 0.00241. The summed E-state index contributed by atoms with van der Waals surface area (Å²) in [6.45, 7) is 1.88. The second-order valence-electron chi connectivity index (χ2n) is 4.13. The molecule has 0 aromatic heterocycles. The fourth-order valence-electron chi connectivity index (χ4n) is 1.90. The number of nitrogens with zero attached hydrogens (tertiary/aromatic N) is 2. The Morgan fingerprint density at radius 3 is 3.06 bits per heavy atom. The van der Waals surface area contributed by atoms with Crippen molar-refractivity contribution in [3.8, 4) is 6.07 Å². The van der Waals surface area contributed by atoms with Gasteiger partial charge in [-0.2, -0.15) is 5.26 Å². The SMILES string of the molecule is N#CC1CN(CC(=O)c2ccccc2Cl)CCO1. The average Bonchev–Trinajstić information content (AvgIpc) is 2.39. The molecule has 1 heterocycles. The third-order valence-electron chi connectivity index (χ3n) is 2.84. The van der Waals surface area contributed by atoms with E-state index in [1.54, 1.807) is 24.3 Å². The van der Waals surface area contributed by atoms with Crippen LogP contribution in [0.15, 0.2) is 24.3 Å². The number of nitriles is 1. The van der Waals surface area contributed by atoms with Gasteiger partial charge < -0.3 is 4.74 Å². The van der Waals surface area contributed by atoms with Crippen molar-refractivity contribution in [2.75, 3.05) is 26.2 Å². The molecule has 1 aromatic rings. The van der Waals surface area contributed by atoms with Crippen molar-refractivity contribution < 1.29 is 9.53 Å². The zero-order valence-electron chi connectivity index (χ0n) is 9.80. The molecule has 1 atom stereocenters. The molecule has 94 valence electrons. The van der Waals surface area contributed by atoms with E-state index in [4.69, 9.17) is 21.6 Å². The summed E-state index contributed by atoms with van der Waals surface area (Å²) >= 11 is 5.98. The smallest absolute Gasteiger partial charge is 0.178 e. The summed E-state index contributed by atoms with van der Waals surface area (Å²) in [4.78, 5) is 14.0. The molecule has 1 unspecified atom stereocenters. The van der Waals surface area contributed by atoms with Crippen LogP contribution in [0.25, 0.3) is 0 Å². The zero-order chi connectivity index (χ0) is 13.0. The minimum atomic E-state index is -0.446. The minimum Gasteiger partial charge on any atom is -0.361 e. The van der Waals surface area contributed by atoms with E-state index in [1.807, 2.05) is 4.90 Å². The predicted molar refractivity (Wildman–Crippen MR) is 67.6 cm³/mol.